The SMILES string of the molecule is Cc1cnccc1-c1ccc([C@H](C)NC(=O)[C@@H]2C[C@@H](O)CN2C(=O)[C@H](C(C)C)n2cc(-c3ccc(COc4c(-c5ccc(F)c6sc(N)c(C#N)c56)c(Cl)cc5c(N6CC7CCC(C6)N7)nc(OC6CCOCC6)nc45)cc3)nn2)cc1. The number of carbonyl (C=O) groups excluding carboxylic acids is 2. The van der Waals surface area contributed by atoms with E-state index in [-0.39, 0.29) is 87.8 Å². The molecule has 4 aliphatic heterocycles. The van der Waals surface area contributed by atoms with Gasteiger partial charge in [-0.25, -0.2) is 9.07 Å². The Kier molecular flexibility index (Phi) is 15.3. The van der Waals surface area contributed by atoms with E-state index in [0.717, 1.165) is 57.6 Å². The minimum atomic E-state index is -0.894. The van der Waals surface area contributed by atoms with Crippen LogP contribution in [0.5, 0.6) is 11.8 Å². The Morgan fingerprint density at radius 1 is 0.988 bits per heavy atom. The molecular weight excluding hydrogens is 1080 g/mol. The molecule has 4 aromatic heterocycles. The molecule has 0 radical (unpaired) electrons. The highest BCUT2D eigenvalue weighted by Crippen LogP contribution is 2.50. The van der Waals surface area contributed by atoms with Gasteiger partial charge < -0.3 is 45.5 Å². The van der Waals surface area contributed by atoms with Gasteiger partial charge in [-0.3, -0.25) is 14.6 Å². The maximum absolute atomic E-state index is 15.6. The number of amides is 2. The second-order valence-electron chi connectivity index (χ2n) is 22.2. The zero-order valence-electron chi connectivity index (χ0n) is 45.8. The zero-order chi connectivity index (χ0) is 56.9. The number of nitrogen functional groups attached to an aromatic ring is 1. The van der Waals surface area contributed by atoms with Crippen molar-refractivity contribution in [3.8, 4) is 51.3 Å². The molecule has 422 valence electrons. The molecule has 4 saturated heterocycles. The van der Waals surface area contributed by atoms with Crippen LogP contribution in [-0.2, 0) is 20.9 Å². The minimum absolute atomic E-state index is 0.000167. The quantitative estimate of drug-likeness (QED) is 0.0749. The third-order valence-electron chi connectivity index (χ3n) is 16.3. The van der Waals surface area contributed by atoms with Crippen LogP contribution in [0.2, 0.25) is 5.02 Å². The smallest absolute Gasteiger partial charge is 0.319 e. The molecule has 6 atom stereocenters. The summed E-state index contributed by atoms with van der Waals surface area (Å²) in [6.07, 6.45) is 7.80. The molecule has 5 N–H and O–H groups in total. The molecule has 8 heterocycles. The van der Waals surface area contributed by atoms with E-state index in [4.69, 9.17) is 41.5 Å². The minimum Gasteiger partial charge on any atom is -0.486 e. The fourth-order valence-electron chi connectivity index (χ4n) is 12.1. The van der Waals surface area contributed by atoms with Crippen LogP contribution in [0.3, 0.4) is 0 Å². The molecule has 2 amide bonds. The van der Waals surface area contributed by atoms with Gasteiger partial charge >= 0.3 is 6.01 Å². The highest BCUT2D eigenvalue weighted by molar-refractivity contribution is 7.23. The fourth-order valence-corrected chi connectivity index (χ4v) is 13.3. The first-order valence-corrected chi connectivity index (χ1v) is 29.0. The average molecular weight is 1150 g/mol. The number of hydrogen-bond acceptors (Lipinski definition) is 16. The predicted molar refractivity (Wildman–Crippen MR) is 312 cm³/mol. The molecular formula is C61H62ClFN12O6S. The standard InChI is InChI=1S/C61H62ClFN12O6S/c1-32(2)54(60(78)74-29-41(76)23-50(74)59(77)67-34(4)36-9-11-37(12-10-36)43-17-20-66-26-33(43)3)75-30-49(71-72-75)38-7-5-35(6-8-38)31-80-55-52(44-15-16-48(63)56-51(44)46(25-64)57(65)82-56)47(62)24-45-53(55)69-61(81-42-18-21-79-22-19-42)70-58(45)73-27-39-13-14-40(28-73)68-39/h5-12,15-17,20,24,26,30,32,34,39-42,50,54,68,76H,13-14,18-19,21-23,27-29,31,65H2,1-4H3,(H,67,77)/t34-,39?,40?,41+,50-,54-/m0/s1. The summed E-state index contributed by atoms with van der Waals surface area (Å²) < 4.78 is 36.5. The lowest BCUT2D eigenvalue weighted by atomic mass is 9.96. The number of β-amino-alcohol motifs (C(OH)–C–C–N with tert-alkyl or cyclic N) is 1. The summed E-state index contributed by atoms with van der Waals surface area (Å²) in [4.78, 5) is 46.7. The monoisotopic (exact) mass is 1140 g/mol. The molecule has 4 aromatic carbocycles. The topological polar surface area (TPSA) is 232 Å². The molecule has 0 aliphatic carbocycles. The van der Waals surface area contributed by atoms with E-state index >= 15 is 4.39 Å². The Morgan fingerprint density at radius 2 is 1.73 bits per heavy atom. The summed E-state index contributed by atoms with van der Waals surface area (Å²) in [6.45, 7) is 10.3. The Hall–Kier alpha value is -7.80. The number of piperazine rings is 1. The number of carbonyl (C=O) groups is 2. The van der Waals surface area contributed by atoms with Gasteiger partial charge in [-0.2, -0.15) is 15.2 Å². The Bertz CT molecular complexity index is 3760. The number of thiophene rings is 1. The first-order chi connectivity index (χ1) is 39.7. The molecule has 12 rings (SSSR count). The Labute approximate surface area is 482 Å². The van der Waals surface area contributed by atoms with Gasteiger partial charge in [0, 0.05) is 85.3 Å². The van der Waals surface area contributed by atoms with Gasteiger partial charge in [0.2, 0.25) is 11.8 Å². The van der Waals surface area contributed by atoms with E-state index in [2.05, 4.69) is 36.9 Å². The molecule has 0 spiro atoms. The first-order valence-electron chi connectivity index (χ1n) is 27.8. The van der Waals surface area contributed by atoms with Crippen LogP contribution in [0.15, 0.2) is 91.4 Å². The highest BCUT2D eigenvalue weighted by atomic mass is 35.5. The van der Waals surface area contributed by atoms with Crippen LogP contribution < -0.4 is 30.7 Å². The van der Waals surface area contributed by atoms with E-state index in [1.165, 1.54) is 15.6 Å². The van der Waals surface area contributed by atoms with Crippen molar-refractivity contribution in [1.29, 1.82) is 5.26 Å². The van der Waals surface area contributed by atoms with E-state index in [0.29, 0.717) is 83.8 Å². The molecule has 8 aromatic rings. The maximum atomic E-state index is 15.6. The van der Waals surface area contributed by atoms with E-state index in [1.807, 2.05) is 94.6 Å². The number of nitrogens with zero attached hydrogens (tertiary/aromatic N) is 9. The van der Waals surface area contributed by atoms with Crippen LogP contribution >= 0.6 is 22.9 Å². The van der Waals surface area contributed by atoms with Crippen LogP contribution in [0.25, 0.3) is 54.5 Å². The number of rotatable bonds is 15. The number of benzene rings is 4. The number of nitriles is 1. The third-order valence-corrected chi connectivity index (χ3v) is 17.6. The molecule has 4 fully saturated rings. The summed E-state index contributed by atoms with van der Waals surface area (Å²) in [5.74, 6) is -0.525. The number of anilines is 2. The fraction of sp³-hybridized carbons (Fsp3) is 0.377. The molecule has 18 nitrogen and oxygen atoms in total. The van der Waals surface area contributed by atoms with E-state index in [1.54, 1.807) is 18.5 Å². The van der Waals surface area contributed by atoms with E-state index in [9.17, 15) is 20.0 Å². The number of aryl methyl sites for hydroxylation is 1. The Morgan fingerprint density at radius 3 is 2.45 bits per heavy atom. The van der Waals surface area contributed by atoms with Crippen molar-refractivity contribution in [2.24, 2.45) is 5.92 Å². The number of likely N-dealkylation sites (tertiary alicyclic amines) is 1. The van der Waals surface area contributed by atoms with Gasteiger partial charge in [0.25, 0.3) is 0 Å². The second-order valence-corrected chi connectivity index (χ2v) is 23.7. The van der Waals surface area contributed by atoms with Crippen LogP contribution in [0.4, 0.5) is 15.2 Å². The second kappa shape index (κ2) is 22.9. The van der Waals surface area contributed by atoms with Gasteiger partial charge in [-0.15, -0.1) is 16.4 Å². The number of halogens is 2. The van der Waals surface area contributed by atoms with E-state index < -0.39 is 24.0 Å². The summed E-state index contributed by atoms with van der Waals surface area (Å²) in [5, 5.41) is 38.5. The highest BCUT2D eigenvalue weighted by Gasteiger charge is 2.43. The summed E-state index contributed by atoms with van der Waals surface area (Å²) in [6, 6.07) is 23.2. The lowest BCUT2D eigenvalue weighted by Crippen LogP contribution is -2.51. The van der Waals surface area contributed by atoms with Crippen LogP contribution in [0.1, 0.15) is 87.2 Å². The van der Waals surface area contributed by atoms with Gasteiger partial charge in [-0.1, -0.05) is 85.3 Å². The van der Waals surface area contributed by atoms with Gasteiger partial charge in [0.05, 0.1) is 46.8 Å². The molecule has 2 bridgehead atoms. The van der Waals surface area contributed by atoms with Crippen molar-refractivity contribution >= 4 is 66.6 Å². The summed E-state index contributed by atoms with van der Waals surface area (Å²) in [5.41, 5.74) is 13.9. The van der Waals surface area contributed by atoms with Crippen molar-refractivity contribution < 1.29 is 33.3 Å². The number of hydrogen-bond donors (Lipinski definition) is 4. The number of aromatic nitrogens is 6. The van der Waals surface area contributed by atoms with Crippen molar-refractivity contribution in [3.05, 3.63) is 124 Å². The number of ether oxygens (including phenoxy) is 3. The third kappa shape index (κ3) is 10.7. The molecule has 82 heavy (non-hydrogen) atoms. The number of nitrogens with two attached hydrogens (primary N) is 1. The largest absolute Gasteiger partial charge is 0.486 e. The van der Waals surface area contributed by atoms with Gasteiger partial charge in [0.1, 0.15) is 58.7 Å². The maximum Gasteiger partial charge on any atom is 0.319 e. The summed E-state index contributed by atoms with van der Waals surface area (Å²) in [7, 11) is 0. The van der Waals surface area contributed by atoms with Gasteiger partial charge in [0.15, 0.2) is 5.75 Å². The van der Waals surface area contributed by atoms with Crippen LogP contribution in [-0.4, -0.2) is 115 Å². The number of nitrogens with one attached hydrogen (secondary N) is 2. The van der Waals surface area contributed by atoms with Crippen molar-refractivity contribution in [2.45, 2.75) is 109 Å². The number of fused-ring (bicyclic) bond motifs is 4. The Balaban J connectivity index is 0.819. The number of aliphatic hydroxyl groups excluding tert-OH is 1. The zero-order valence-corrected chi connectivity index (χ0v) is 47.4. The predicted octanol–water partition coefficient (Wildman–Crippen LogP) is 9.50. The summed E-state index contributed by atoms with van der Waals surface area (Å²) >= 11 is 8.44. The molecule has 21 heteroatoms. The van der Waals surface area contributed by atoms with Crippen LogP contribution in [0, 0.1) is 30.0 Å². The number of pyridine rings is 1. The van der Waals surface area contributed by atoms with Crippen molar-refractivity contribution in [2.75, 3.05) is 43.5 Å². The molecule has 4 aliphatic rings. The van der Waals surface area contributed by atoms with Crippen molar-refractivity contribution in [1.82, 2.24) is 45.5 Å². The molecule has 0 saturated carbocycles. The average Bonchev–Trinajstić information content (AvgIpc) is 4.40. The molecule has 2 unspecified atom stereocenters. The normalized spacial score (nSPS) is 19.9. The lowest BCUT2D eigenvalue weighted by molar-refractivity contribution is -0.142. The number of aliphatic hydroxyl groups is 1. The van der Waals surface area contributed by atoms with Gasteiger partial charge in [-0.05, 0) is 84.2 Å². The lowest BCUT2D eigenvalue weighted by Gasteiger charge is -2.34. The first kappa shape index (κ1) is 54.8. The van der Waals surface area contributed by atoms with Crippen molar-refractivity contribution in [3.63, 3.8) is 0 Å².